The van der Waals surface area contributed by atoms with E-state index in [1.807, 2.05) is 13.8 Å². The molecular formula is C26H66. The van der Waals surface area contributed by atoms with Crippen LogP contribution >= 0.6 is 0 Å². The molecule has 0 aromatic carbocycles. The van der Waals surface area contributed by atoms with Crippen LogP contribution in [-0.4, -0.2) is 0 Å². The Morgan fingerprint density at radius 2 is 0.423 bits per heavy atom. The lowest BCUT2D eigenvalue weighted by atomic mass is 10.0. The first-order chi connectivity index (χ1) is 11.3. The lowest BCUT2D eigenvalue weighted by molar-refractivity contribution is 0.469. The van der Waals surface area contributed by atoms with Crippen molar-refractivity contribution in [1.29, 1.82) is 0 Å². The smallest absolute Gasteiger partial charge is 0.0411 e. The zero-order valence-electron chi connectivity index (χ0n) is 23.6. The third-order valence-corrected chi connectivity index (χ3v) is 0. The lowest BCUT2D eigenvalue weighted by Gasteiger charge is -2.05. The van der Waals surface area contributed by atoms with Gasteiger partial charge in [0.25, 0.3) is 0 Å². The highest BCUT2D eigenvalue weighted by Gasteiger charge is 1.96. The minimum atomic E-state index is 0.500. The second-order valence-corrected chi connectivity index (χ2v) is 10.9. The Morgan fingerprint density at radius 1 is 0.423 bits per heavy atom. The summed E-state index contributed by atoms with van der Waals surface area (Å²) in [6.45, 7) is 43.0. The highest BCUT2D eigenvalue weighted by molar-refractivity contribution is 4.47. The van der Waals surface area contributed by atoms with E-state index in [9.17, 15) is 0 Å². The Hall–Kier alpha value is 0. The fourth-order valence-corrected chi connectivity index (χ4v) is 0. The van der Waals surface area contributed by atoms with Gasteiger partial charge < -0.3 is 0 Å². The zero-order chi connectivity index (χ0) is 23.6. The molecule has 0 aliphatic carbocycles. The first-order valence-corrected chi connectivity index (χ1v) is 11.3. The normalized spacial score (nSPS) is 9.00. The van der Waals surface area contributed by atoms with Gasteiger partial charge in [0, 0.05) is 0 Å². The zero-order valence-corrected chi connectivity index (χ0v) is 23.6. The molecule has 0 N–H and O–H groups in total. The van der Waals surface area contributed by atoms with Gasteiger partial charge >= 0.3 is 0 Å². The van der Waals surface area contributed by atoms with E-state index in [-0.39, 0.29) is 0 Å². The molecule has 0 radical (unpaired) electrons. The molecule has 0 fully saturated rings. The molecule has 0 bridgehead atoms. The first kappa shape index (κ1) is 45.0. The van der Waals surface area contributed by atoms with Crippen LogP contribution in [0.2, 0.25) is 0 Å². The van der Waals surface area contributed by atoms with Gasteiger partial charge in [-0.05, 0) is 22.7 Å². The summed E-state index contributed by atoms with van der Waals surface area (Å²) in [5.74, 6) is 1.67. The Bertz CT molecular complexity index is 112. The fraction of sp³-hybridized carbons (Fsp3) is 1.00. The van der Waals surface area contributed by atoms with Crippen molar-refractivity contribution in [1.82, 2.24) is 0 Å². The summed E-state index contributed by atoms with van der Waals surface area (Å²) in [7, 11) is 0. The van der Waals surface area contributed by atoms with Crippen molar-refractivity contribution >= 4 is 0 Å². The third-order valence-electron chi connectivity index (χ3n) is 0. The average molecular weight is 379 g/mol. The predicted molar refractivity (Wildman–Crippen MR) is 135 cm³/mol. The predicted octanol–water partition coefficient (Wildman–Crippen LogP) is 11.3. The first-order valence-electron chi connectivity index (χ1n) is 11.3. The van der Waals surface area contributed by atoms with E-state index in [1.165, 1.54) is 12.8 Å². The Morgan fingerprint density at radius 3 is 0.423 bits per heavy atom. The van der Waals surface area contributed by atoms with Gasteiger partial charge in [0.15, 0.2) is 0 Å². The number of hydrogen-bond acceptors (Lipinski definition) is 0. The molecule has 0 atom stereocenters. The van der Waals surface area contributed by atoms with Crippen LogP contribution in [0.1, 0.15) is 151 Å². The summed E-state index contributed by atoms with van der Waals surface area (Å²) in [6, 6.07) is 0. The van der Waals surface area contributed by atoms with Crippen molar-refractivity contribution in [2.75, 3.05) is 0 Å². The summed E-state index contributed by atoms with van der Waals surface area (Å²) in [5, 5.41) is 0. The molecule has 170 valence electrons. The third kappa shape index (κ3) is 0. The SMILES string of the molecule is CC.CC(C)(C)C.CC(C)(C)C.CC(C)C.CC(C)C.CCC.CCC. The van der Waals surface area contributed by atoms with Crippen molar-refractivity contribution in [3.05, 3.63) is 0 Å². The molecule has 0 saturated carbocycles. The van der Waals surface area contributed by atoms with E-state index >= 15 is 0 Å². The highest BCUT2D eigenvalue weighted by atomic mass is 14.0. The van der Waals surface area contributed by atoms with Gasteiger partial charge in [0.1, 0.15) is 0 Å². The van der Waals surface area contributed by atoms with Gasteiger partial charge in [0.05, 0.1) is 0 Å². The van der Waals surface area contributed by atoms with Crippen molar-refractivity contribution in [2.24, 2.45) is 22.7 Å². The summed E-state index contributed by atoms with van der Waals surface area (Å²) >= 11 is 0. The molecule has 0 amide bonds. The molecule has 0 heterocycles. The lowest BCUT2D eigenvalue weighted by Crippen LogP contribution is -1.93. The summed E-state index contributed by atoms with van der Waals surface area (Å²) in [4.78, 5) is 0. The minimum absolute atomic E-state index is 0.500. The summed E-state index contributed by atoms with van der Waals surface area (Å²) in [6.07, 6.45) is 2.50. The molecule has 26 heavy (non-hydrogen) atoms. The van der Waals surface area contributed by atoms with Crippen molar-refractivity contribution in [3.8, 4) is 0 Å². The van der Waals surface area contributed by atoms with E-state index < -0.39 is 0 Å². The number of hydrogen-bond donors (Lipinski definition) is 0. The van der Waals surface area contributed by atoms with Crippen LogP contribution in [0.5, 0.6) is 0 Å². The molecule has 0 aliphatic rings. The molecule has 0 spiro atoms. The van der Waals surface area contributed by atoms with Gasteiger partial charge in [-0.1, -0.05) is 151 Å². The van der Waals surface area contributed by atoms with Gasteiger partial charge in [-0.25, -0.2) is 0 Å². The molecule has 0 heteroatoms. The fourth-order valence-electron chi connectivity index (χ4n) is 0. The van der Waals surface area contributed by atoms with E-state index in [0.717, 1.165) is 11.8 Å². The van der Waals surface area contributed by atoms with Gasteiger partial charge in [-0.2, -0.15) is 0 Å². The second kappa shape index (κ2) is 36.0. The van der Waals surface area contributed by atoms with Crippen LogP contribution in [0.15, 0.2) is 0 Å². The highest BCUT2D eigenvalue weighted by Crippen LogP contribution is 2.08. The van der Waals surface area contributed by atoms with Crippen molar-refractivity contribution < 1.29 is 0 Å². The second-order valence-electron chi connectivity index (χ2n) is 10.9. The Kier molecular flexibility index (Phi) is 62.3. The maximum Gasteiger partial charge on any atom is -0.0411 e. The average Bonchev–Trinajstić information content (AvgIpc) is 2.26. The molecule has 0 aromatic rings. The van der Waals surface area contributed by atoms with Crippen LogP contribution in [0, 0.1) is 22.7 Å². The molecule has 0 aliphatic heterocycles. The largest absolute Gasteiger partial charge is 0.0683 e. The van der Waals surface area contributed by atoms with E-state index in [1.54, 1.807) is 0 Å². The topological polar surface area (TPSA) is 0 Å². The van der Waals surface area contributed by atoms with Gasteiger partial charge in [-0.15, -0.1) is 0 Å². The van der Waals surface area contributed by atoms with Crippen LogP contribution in [0.25, 0.3) is 0 Å². The maximum absolute atomic E-state index is 2.19. The molecule has 0 unspecified atom stereocenters. The van der Waals surface area contributed by atoms with Crippen LogP contribution < -0.4 is 0 Å². The minimum Gasteiger partial charge on any atom is -0.0683 e. The van der Waals surface area contributed by atoms with Crippen molar-refractivity contribution in [3.63, 3.8) is 0 Å². The number of rotatable bonds is 0. The van der Waals surface area contributed by atoms with Crippen LogP contribution in [0.3, 0.4) is 0 Å². The quantitative estimate of drug-likeness (QED) is 0.393. The van der Waals surface area contributed by atoms with Gasteiger partial charge in [-0.3, -0.25) is 0 Å². The molecule has 0 saturated heterocycles. The summed E-state index contributed by atoms with van der Waals surface area (Å²) in [5.41, 5.74) is 1.00. The van der Waals surface area contributed by atoms with Gasteiger partial charge in [0.2, 0.25) is 0 Å². The van der Waals surface area contributed by atoms with Crippen LogP contribution in [-0.2, 0) is 0 Å². The summed E-state index contributed by atoms with van der Waals surface area (Å²) < 4.78 is 0. The van der Waals surface area contributed by atoms with E-state index in [2.05, 4.69) is 125 Å². The molecule has 0 nitrogen and oxygen atoms in total. The molecule has 0 aromatic heterocycles. The Labute approximate surface area is 174 Å². The Balaban J connectivity index is -0.0000000330. The monoisotopic (exact) mass is 379 g/mol. The standard InChI is InChI=1S/2C5H12.2C4H10.2C3H8.C2H6/c2*1-5(2,3)4;2*1-4(2)3;2*1-3-2;1-2/h2*1-4H3;2*4H,1-3H3;2*3H2,1-2H3;1-2H3. The van der Waals surface area contributed by atoms with Crippen molar-refractivity contribution in [2.45, 2.75) is 151 Å². The molecule has 0 rings (SSSR count). The van der Waals surface area contributed by atoms with E-state index in [4.69, 9.17) is 0 Å². The van der Waals surface area contributed by atoms with Crippen LogP contribution in [0.4, 0.5) is 0 Å². The van der Waals surface area contributed by atoms with E-state index in [0.29, 0.717) is 10.8 Å². The molecular weight excluding hydrogens is 312 g/mol. The maximum atomic E-state index is 2.19.